The minimum absolute atomic E-state index is 0.142. The maximum absolute atomic E-state index is 6.28. The third-order valence-electron chi connectivity index (χ3n) is 5.49. The fourth-order valence-electron chi connectivity index (χ4n) is 4.39. The number of rotatable bonds is 3. The van der Waals surface area contributed by atoms with Gasteiger partial charge in [-0.25, -0.2) is 0 Å². The van der Waals surface area contributed by atoms with Crippen molar-refractivity contribution in [2.24, 2.45) is 5.73 Å². The van der Waals surface area contributed by atoms with Crippen molar-refractivity contribution in [3.8, 4) is 5.75 Å². The van der Waals surface area contributed by atoms with Gasteiger partial charge in [-0.2, -0.15) is 0 Å². The van der Waals surface area contributed by atoms with E-state index >= 15 is 0 Å². The smallest absolute Gasteiger partial charge is 0.137 e. The summed E-state index contributed by atoms with van der Waals surface area (Å²) in [5, 5.41) is 0. The van der Waals surface area contributed by atoms with Crippen molar-refractivity contribution in [2.75, 3.05) is 13.7 Å². The molecule has 1 saturated carbocycles. The van der Waals surface area contributed by atoms with Gasteiger partial charge in [0, 0.05) is 17.5 Å². The average Bonchev–Trinajstić information content (AvgIpc) is 2.86. The molecule has 0 aromatic heterocycles. The lowest BCUT2D eigenvalue weighted by atomic mass is 9.74. The van der Waals surface area contributed by atoms with Crippen LogP contribution in [-0.2, 0) is 18.3 Å². The van der Waals surface area contributed by atoms with Crippen LogP contribution in [0.15, 0.2) is 10.5 Å². The molecule has 1 fully saturated rings. The van der Waals surface area contributed by atoms with Gasteiger partial charge in [-0.3, -0.25) is 0 Å². The number of halogens is 1. The van der Waals surface area contributed by atoms with Crippen LogP contribution in [0, 0.1) is 0 Å². The fraction of sp³-hybridized carbons (Fsp3) is 0.667. The molecule has 0 atom stereocenters. The topological polar surface area (TPSA) is 35.2 Å². The molecule has 1 aromatic rings. The van der Waals surface area contributed by atoms with Crippen molar-refractivity contribution in [2.45, 2.75) is 63.2 Å². The standard InChI is InChI=1S/C18H26BrNO/c1-21-17-15(19)11-13-7-3-2-4-8-14(13)16(17)18(12-20)9-5-6-10-18/h11H,2-10,12,20H2,1H3. The molecular weight excluding hydrogens is 326 g/mol. The van der Waals surface area contributed by atoms with E-state index in [4.69, 9.17) is 10.5 Å². The molecule has 0 saturated heterocycles. The molecule has 21 heavy (non-hydrogen) atoms. The van der Waals surface area contributed by atoms with Gasteiger partial charge in [0.25, 0.3) is 0 Å². The second-order valence-corrected chi connectivity index (χ2v) is 7.51. The number of benzene rings is 1. The molecular formula is C18H26BrNO. The van der Waals surface area contributed by atoms with E-state index in [1.807, 2.05) is 0 Å². The molecule has 3 rings (SSSR count). The second kappa shape index (κ2) is 6.29. The van der Waals surface area contributed by atoms with Crippen LogP contribution in [0.25, 0.3) is 0 Å². The molecule has 0 radical (unpaired) electrons. The summed E-state index contributed by atoms with van der Waals surface area (Å²) < 4.78 is 6.93. The van der Waals surface area contributed by atoms with E-state index in [1.165, 1.54) is 68.9 Å². The normalized spacial score (nSPS) is 20.9. The zero-order valence-electron chi connectivity index (χ0n) is 13.0. The molecule has 2 nitrogen and oxygen atoms in total. The molecule has 2 N–H and O–H groups in total. The molecule has 0 spiro atoms. The number of fused-ring (bicyclic) bond motifs is 1. The third-order valence-corrected chi connectivity index (χ3v) is 6.08. The van der Waals surface area contributed by atoms with Gasteiger partial charge in [0.15, 0.2) is 0 Å². The van der Waals surface area contributed by atoms with Crippen LogP contribution in [0.3, 0.4) is 0 Å². The Morgan fingerprint density at radius 2 is 1.86 bits per heavy atom. The zero-order valence-corrected chi connectivity index (χ0v) is 14.6. The molecule has 0 amide bonds. The molecule has 0 aliphatic heterocycles. The number of hydrogen-bond donors (Lipinski definition) is 1. The molecule has 0 bridgehead atoms. The maximum Gasteiger partial charge on any atom is 0.137 e. The van der Waals surface area contributed by atoms with Crippen molar-refractivity contribution in [3.63, 3.8) is 0 Å². The highest BCUT2D eigenvalue weighted by Gasteiger charge is 2.39. The molecule has 3 heteroatoms. The van der Waals surface area contributed by atoms with Gasteiger partial charge in [-0.15, -0.1) is 0 Å². The highest BCUT2D eigenvalue weighted by Crippen LogP contribution is 2.49. The van der Waals surface area contributed by atoms with E-state index in [0.29, 0.717) is 0 Å². The average molecular weight is 352 g/mol. The zero-order chi connectivity index (χ0) is 14.9. The van der Waals surface area contributed by atoms with Crippen LogP contribution >= 0.6 is 15.9 Å². The van der Waals surface area contributed by atoms with E-state index in [0.717, 1.165) is 16.8 Å². The minimum Gasteiger partial charge on any atom is -0.495 e. The van der Waals surface area contributed by atoms with Crippen molar-refractivity contribution in [3.05, 3.63) is 27.2 Å². The molecule has 2 aliphatic rings. The summed E-state index contributed by atoms with van der Waals surface area (Å²) in [5.41, 5.74) is 10.9. The first kappa shape index (κ1) is 15.4. The number of ether oxygens (including phenoxy) is 1. The second-order valence-electron chi connectivity index (χ2n) is 6.66. The Labute approximate surface area is 136 Å². The molecule has 0 heterocycles. The largest absolute Gasteiger partial charge is 0.495 e. The first-order valence-electron chi connectivity index (χ1n) is 8.30. The first-order chi connectivity index (χ1) is 10.2. The van der Waals surface area contributed by atoms with Crippen molar-refractivity contribution in [1.82, 2.24) is 0 Å². The Morgan fingerprint density at radius 3 is 2.52 bits per heavy atom. The predicted molar refractivity (Wildman–Crippen MR) is 91.2 cm³/mol. The monoisotopic (exact) mass is 351 g/mol. The summed E-state index contributed by atoms with van der Waals surface area (Å²) in [5.74, 6) is 1.04. The third kappa shape index (κ3) is 2.63. The van der Waals surface area contributed by atoms with Crippen LogP contribution in [0.5, 0.6) is 5.75 Å². The lowest BCUT2D eigenvalue weighted by molar-refractivity contribution is 0.372. The quantitative estimate of drug-likeness (QED) is 0.813. The van der Waals surface area contributed by atoms with Crippen molar-refractivity contribution in [1.29, 1.82) is 0 Å². The number of methoxy groups -OCH3 is 1. The van der Waals surface area contributed by atoms with E-state index in [-0.39, 0.29) is 5.41 Å². The van der Waals surface area contributed by atoms with Gasteiger partial charge in [0.2, 0.25) is 0 Å². The summed E-state index contributed by atoms with van der Waals surface area (Å²) in [4.78, 5) is 0. The lowest BCUT2D eigenvalue weighted by Gasteiger charge is -2.33. The minimum atomic E-state index is 0.142. The van der Waals surface area contributed by atoms with Crippen LogP contribution in [-0.4, -0.2) is 13.7 Å². The number of aryl methyl sites for hydroxylation is 1. The molecule has 0 unspecified atom stereocenters. The van der Waals surface area contributed by atoms with Crippen LogP contribution < -0.4 is 10.5 Å². The van der Waals surface area contributed by atoms with E-state index < -0.39 is 0 Å². The first-order valence-corrected chi connectivity index (χ1v) is 9.10. The van der Waals surface area contributed by atoms with Gasteiger partial charge in [-0.1, -0.05) is 19.3 Å². The van der Waals surface area contributed by atoms with Crippen LogP contribution in [0.4, 0.5) is 0 Å². The number of nitrogens with two attached hydrogens (primary N) is 1. The van der Waals surface area contributed by atoms with Crippen LogP contribution in [0.1, 0.15) is 61.6 Å². The van der Waals surface area contributed by atoms with Gasteiger partial charge < -0.3 is 10.5 Å². The summed E-state index contributed by atoms with van der Waals surface area (Å²) >= 11 is 3.75. The van der Waals surface area contributed by atoms with Crippen LogP contribution in [0.2, 0.25) is 0 Å². The fourth-order valence-corrected chi connectivity index (χ4v) is 5.03. The Kier molecular flexibility index (Phi) is 4.60. The van der Waals surface area contributed by atoms with Crippen molar-refractivity contribution >= 4 is 15.9 Å². The molecule has 2 aliphatic carbocycles. The molecule has 116 valence electrons. The highest BCUT2D eigenvalue weighted by atomic mass is 79.9. The Hall–Kier alpha value is -0.540. The lowest BCUT2D eigenvalue weighted by Crippen LogP contribution is -2.34. The molecule has 1 aromatic carbocycles. The Bertz CT molecular complexity index is 520. The predicted octanol–water partition coefficient (Wildman–Crippen LogP) is 4.50. The van der Waals surface area contributed by atoms with E-state index in [1.54, 1.807) is 12.7 Å². The van der Waals surface area contributed by atoms with Crippen molar-refractivity contribution < 1.29 is 4.74 Å². The van der Waals surface area contributed by atoms with E-state index in [2.05, 4.69) is 22.0 Å². The number of hydrogen-bond acceptors (Lipinski definition) is 2. The maximum atomic E-state index is 6.28. The summed E-state index contributed by atoms with van der Waals surface area (Å²) in [6.07, 6.45) is 11.3. The van der Waals surface area contributed by atoms with Gasteiger partial charge >= 0.3 is 0 Å². The summed E-state index contributed by atoms with van der Waals surface area (Å²) in [7, 11) is 1.80. The van der Waals surface area contributed by atoms with Gasteiger partial charge in [0.1, 0.15) is 5.75 Å². The summed E-state index contributed by atoms with van der Waals surface area (Å²) in [6, 6.07) is 2.29. The Morgan fingerprint density at radius 1 is 1.14 bits per heavy atom. The van der Waals surface area contributed by atoms with Gasteiger partial charge in [-0.05, 0) is 71.6 Å². The van der Waals surface area contributed by atoms with E-state index in [9.17, 15) is 0 Å². The SMILES string of the molecule is COc1c(Br)cc2c(c1C1(CN)CCCC1)CCCCC2. The highest BCUT2D eigenvalue weighted by molar-refractivity contribution is 9.10. The Balaban J connectivity index is 2.22. The van der Waals surface area contributed by atoms with Gasteiger partial charge in [0.05, 0.1) is 11.6 Å². The summed E-state index contributed by atoms with van der Waals surface area (Å²) in [6.45, 7) is 0.742.